The number of nitrogens with one attached hydrogen (secondary N) is 3. The molecule has 35 heavy (non-hydrogen) atoms. The topological polar surface area (TPSA) is 126 Å². The van der Waals surface area contributed by atoms with Crippen LogP contribution in [0.4, 0.5) is 28.7 Å². The average molecular weight is 493 g/mol. The number of carbonyl (C=O) groups is 1. The Morgan fingerprint density at radius 2 is 1.66 bits per heavy atom. The molecular weight excluding hydrogens is 468 g/mol. The van der Waals surface area contributed by atoms with Gasteiger partial charge in [-0.2, -0.15) is 0 Å². The van der Waals surface area contributed by atoms with E-state index in [-0.39, 0.29) is 24.1 Å². The van der Waals surface area contributed by atoms with Crippen molar-refractivity contribution in [3.63, 3.8) is 0 Å². The van der Waals surface area contributed by atoms with E-state index in [0.29, 0.717) is 33.8 Å². The summed E-state index contributed by atoms with van der Waals surface area (Å²) in [5.41, 5.74) is 2.50. The van der Waals surface area contributed by atoms with Crippen LogP contribution in [-0.2, 0) is 15.7 Å². The number of hydrogen-bond donors (Lipinski definition) is 4. The molecule has 180 valence electrons. The van der Waals surface area contributed by atoms with Crippen molar-refractivity contribution in [1.29, 1.82) is 0 Å². The first-order valence-corrected chi connectivity index (χ1v) is 11.8. The van der Waals surface area contributed by atoms with Gasteiger partial charge in [0.1, 0.15) is 5.75 Å². The lowest BCUT2D eigenvalue weighted by Crippen LogP contribution is -2.25. The molecule has 1 aromatic heterocycles. The Kier molecular flexibility index (Phi) is 7.38. The summed E-state index contributed by atoms with van der Waals surface area (Å²) >= 11 is 0. The highest BCUT2D eigenvalue weighted by Gasteiger charge is 2.21. The van der Waals surface area contributed by atoms with Gasteiger partial charge >= 0.3 is 0 Å². The third-order valence-corrected chi connectivity index (χ3v) is 5.71. The maximum absolute atomic E-state index is 12.5. The standard InChI is InChI=1S/C24H24N6O4S/c1-25-15-22(31)26-16-7-5-9-18(13-16)30(35(32)33)24-23(27-17-8-6-10-19(14-17)34-2)28-20-11-3-4-12-21(20)29-24/h3-14,25,35H,15H2,1-2H3,(H,26,31)(H,27,28). The molecule has 1 amide bonds. The monoisotopic (exact) mass is 492 g/mol. The second kappa shape index (κ2) is 10.8. The molecule has 1 heterocycles. The highest BCUT2D eigenvalue weighted by molar-refractivity contribution is 7.74. The molecule has 0 unspecified atom stereocenters. The maximum Gasteiger partial charge on any atom is 0.238 e. The molecule has 4 aromatic rings. The number of rotatable bonds is 9. The minimum absolute atomic E-state index is 0.0846. The number of aromatic nitrogens is 2. The summed E-state index contributed by atoms with van der Waals surface area (Å²) in [4.78, 5) is 21.3. The predicted octanol–water partition coefficient (Wildman–Crippen LogP) is 3.20. The van der Waals surface area contributed by atoms with Crippen LogP contribution in [0, 0.1) is 0 Å². The minimum atomic E-state index is -3.17. The van der Waals surface area contributed by atoms with Gasteiger partial charge in [-0.15, -0.1) is 0 Å². The molecule has 4 rings (SSSR count). The first-order chi connectivity index (χ1) is 17.0. The second-order valence-electron chi connectivity index (χ2n) is 7.42. The van der Waals surface area contributed by atoms with Crippen LogP contribution in [0.5, 0.6) is 5.75 Å². The van der Waals surface area contributed by atoms with Gasteiger partial charge in [-0.1, -0.05) is 24.3 Å². The largest absolute Gasteiger partial charge is 0.497 e. The van der Waals surface area contributed by atoms with E-state index < -0.39 is 10.9 Å². The Labute approximate surface area is 204 Å². The number of carbonyl (C=O) groups excluding carboxylic acids is 1. The molecule has 0 spiro atoms. The van der Waals surface area contributed by atoms with E-state index in [2.05, 4.69) is 25.9 Å². The number of nitrogens with zero attached hydrogens (tertiary/aromatic N) is 3. The van der Waals surface area contributed by atoms with Gasteiger partial charge in [-0.05, 0) is 49.5 Å². The second-order valence-corrected chi connectivity index (χ2v) is 8.30. The highest BCUT2D eigenvalue weighted by atomic mass is 32.2. The van der Waals surface area contributed by atoms with E-state index in [4.69, 9.17) is 4.74 Å². The van der Waals surface area contributed by atoms with Gasteiger partial charge in [0, 0.05) is 17.4 Å². The van der Waals surface area contributed by atoms with Crippen molar-refractivity contribution in [2.24, 2.45) is 0 Å². The minimum Gasteiger partial charge on any atom is -0.497 e. The first-order valence-electron chi connectivity index (χ1n) is 10.7. The Bertz CT molecular complexity index is 1430. The van der Waals surface area contributed by atoms with Crippen molar-refractivity contribution in [2.45, 2.75) is 0 Å². The maximum atomic E-state index is 12.5. The summed E-state index contributed by atoms with van der Waals surface area (Å²) in [6.07, 6.45) is 0. The zero-order valence-electron chi connectivity index (χ0n) is 19.1. The Morgan fingerprint density at radius 1 is 0.943 bits per heavy atom. The zero-order valence-corrected chi connectivity index (χ0v) is 20.0. The highest BCUT2D eigenvalue weighted by Crippen LogP contribution is 2.34. The molecule has 3 aromatic carbocycles. The van der Waals surface area contributed by atoms with Gasteiger partial charge in [0.25, 0.3) is 0 Å². The molecule has 0 radical (unpaired) electrons. The van der Waals surface area contributed by atoms with Crippen molar-refractivity contribution in [3.8, 4) is 5.75 Å². The van der Waals surface area contributed by atoms with Crippen molar-refractivity contribution in [3.05, 3.63) is 72.8 Å². The third-order valence-electron chi connectivity index (χ3n) is 4.96. The Morgan fingerprint density at radius 3 is 2.37 bits per heavy atom. The summed E-state index contributed by atoms with van der Waals surface area (Å²) in [5, 5.41) is 8.67. The molecule has 10 nitrogen and oxygen atoms in total. The smallest absolute Gasteiger partial charge is 0.238 e. The van der Waals surface area contributed by atoms with Gasteiger partial charge in [0.2, 0.25) is 16.8 Å². The van der Waals surface area contributed by atoms with Crippen LogP contribution < -0.4 is 25.0 Å². The number of thiol groups is 1. The van der Waals surface area contributed by atoms with Crippen LogP contribution in [0.3, 0.4) is 0 Å². The molecule has 11 heteroatoms. The van der Waals surface area contributed by atoms with Gasteiger partial charge in [-0.3, -0.25) is 4.79 Å². The lowest BCUT2D eigenvalue weighted by Gasteiger charge is -2.21. The van der Waals surface area contributed by atoms with E-state index in [0.717, 1.165) is 4.31 Å². The molecule has 3 N–H and O–H groups in total. The van der Waals surface area contributed by atoms with Gasteiger partial charge in [0.05, 0.1) is 30.4 Å². The van der Waals surface area contributed by atoms with Crippen LogP contribution in [0.1, 0.15) is 0 Å². The average Bonchev–Trinajstić information content (AvgIpc) is 2.85. The fourth-order valence-electron chi connectivity index (χ4n) is 3.43. The van der Waals surface area contributed by atoms with E-state index in [1.54, 1.807) is 74.8 Å². The number of fused-ring (bicyclic) bond motifs is 1. The number of ether oxygens (including phenoxy) is 1. The van der Waals surface area contributed by atoms with Crippen LogP contribution in [0.15, 0.2) is 72.8 Å². The Hall–Kier alpha value is -4.22. The molecule has 0 aliphatic carbocycles. The summed E-state index contributed by atoms with van der Waals surface area (Å²) in [5.74, 6) is 0.692. The molecule has 0 aliphatic heterocycles. The number of benzene rings is 3. The number of para-hydroxylation sites is 2. The molecule has 0 saturated carbocycles. The summed E-state index contributed by atoms with van der Waals surface area (Å²) in [6, 6.07) is 20.9. The van der Waals surface area contributed by atoms with E-state index in [1.807, 2.05) is 12.1 Å². The predicted molar refractivity (Wildman–Crippen MR) is 137 cm³/mol. The van der Waals surface area contributed by atoms with Crippen LogP contribution in [0.25, 0.3) is 11.0 Å². The molecule has 0 bridgehead atoms. The summed E-state index contributed by atoms with van der Waals surface area (Å²) in [6.45, 7) is 0.120. The van der Waals surface area contributed by atoms with Crippen molar-refractivity contribution < 1.29 is 17.9 Å². The molecular formula is C24H24N6O4S. The summed E-state index contributed by atoms with van der Waals surface area (Å²) in [7, 11) is 0.0535. The van der Waals surface area contributed by atoms with Crippen molar-refractivity contribution >= 4 is 56.5 Å². The van der Waals surface area contributed by atoms with Gasteiger partial charge < -0.3 is 20.7 Å². The lowest BCUT2D eigenvalue weighted by molar-refractivity contribution is -0.115. The normalized spacial score (nSPS) is 10.8. The number of methoxy groups -OCH3 is 1. The number of hydrogen-bond acceptors (Lipinski definition) is 8. The number of amides is 1. The quantitative estimate of drug-likeness (QED) is 0.263. The third kappa shape index (κ3) is 5.65. The van der Waals surface area contributed by atoms with Crippen LogP contribution in [-0.4, -0.2) is 45.0 Å². The molecule has 0 fully saturated rings. The van der Waals surface area contributed by atoms with Crippen molar-refractivity contribution in [1.82, 2.24) is 15.3 Å². The van der Waals surface area contributed by atoms with Crippen LogP contribution in [0.2, 0.25) is 0 Å². The number of likely N-dealkylation sites (N-methyl/N-ethyl adjacent to an activating group) is 1. The zero-order chi connectivity index (χ0) is 24.8. The lowest BCUT2D eigenvalue weighted by atomic mass is 10.2. The van der Waals surface area contributed by atoms with E-state index >= 15 is 0 Å². The SMILES string of the molecule is CNCC(=O)Nc1cccc(N(c2nc3ccccc3nc2Nc2cccc(OC)c2)[SH](=O)=O)c1. The summed E-state index contributed by atoms with van der Waals surface area (Å²) < 4.78 is 31.4. The fourth-order valence-corrected chi connectivity index (χ4v) is 4.04. The van der Waals surface area contributed by atoms with Gasteiger partial charge in [0.15, 0.2) is 11.6 Å². The first kappa shape index (κ1) is 23.9. The van der Waals surface area contributed by atoms with Gasteiger partial charge in [-0.25, -0.2) is 22.7 Å². The number of anilines is 5. The molecule has 0 aliphatic rings. The van der Waals surface area contributed by atoms with Crippen LogP contribution >= 0.6 is 0 Å². The fraction of sp³-hybridized carbons (Fsp3) is 0.125. The van der Waals surface area contributed by atoms with Crippen molar-refractivity contribution in [2.75, 3.05) is 35.6 Å². The van der Waals surface area contributed by atoms with E-state index in [9.17, 15) is 13.2 Å². The Balaban J connectivity index is 1.82. The molecule has 0 saturated heterocycles. The van der Waals surface area contributed by atoms with E-state index in [1.165, 1.54) is 0 Å². The molecule has 0 atom stereocenters.